The molecule has 0 spiro atoms. The van der Waals surface area contributed by atoms with Gasteiger partial charge in [-0.25, -0.2) is 17.8 Å². The van der Waals surface area contributed by atoms with Gasteiger partial charge in [0.1, 0.15) is 26.2 Å². The number of aryl methyl sites for hydroxylation is 1. The van der Waals surface area contributed by atoms with Gasteiger partial charge in [-0.2, -0.15) is 0 Å². The van der Waals surface area contributed by atoms with Gasteiger partial charge >= 0.3 is 0 Å². The highest BCUT2D eigenvalue weighted by Gasteiger charge is 2.12. The summed E-state index contributed by atoms with van der Waals surface area (Å²) in [4.78, 5) is 19.9. The van der Waals surface area contributed by atoms with Crippen molar-refractivity contribution < 1.29 is 12.8 Å². The second kappa shape index (κ2) is 5.86. The normalized spacial score (nSPS) is 11.9. The summed E-state index contributed by atoms with van der Waals surface area (Å²) in [5, 5.41) is 0. The number of fused-ring (bicyclic) bond motifs is 1. The Labute approximate surface area is 135 Å². The molecule has 0 aliphatic heterocycles. The summed E-state index contributed by atoms with van der Waals surface area (Å²) in [6, 6.07) is 7.74. The average Bonchev–Trinajstić information content (AvgIpc) is 2.90. The number of aromatic nitrogens is 2. The zero-order valence-electron chi connectivity index (χ0n) is 12.2. The van der Waals surface area contributed by atoms with Gasteiger partial charge in [-0.1, -0.05) is 12.1 Å². The van der Waals surface area contributed by atoms with Crippen LogP contribution in [0, 0.1) is 5.82 Å². The minimum Gasteiger partial charge on any atom is -0.309 e. The number of nitrogens with one attached hydrogen (secondary N) is 1. The fraction of sp³-hybridized carbons (Fsp3) is 0.200. The van der Waals surface area contributed by atoms with Crippen molar-refractivity contribution in [2.45, 2.75) is 6.42 Å². The number of sulfone groups is 1. The quantitative estimate of drug-likeness (QED) is 0.782. The molecular weight excluding hydrogens is 339 g/mol. The maximum atomic E-state index is 13.0. The molecule has 0 aliphatic rings. The predicted molar refractivity (Wildman–Crippen MR) is 89.0 cm³/mol. The van der Waals surface area contributed by atoms with E-state index in [-0.39, 0.29) is 23.6 Å². The van der Waals surface area contributed by atoms with E-state index in [0.717, 1.165) is 16.7 Å². The molecule has 0 bridgehead atoms. The largest absolute Gasteiger partial charge is 0.309 e. The molecule has 120 valence electrons. The Morgan fingerprint density at radius 2 is 1.96 bits per heavy atom. The van der Waals surface area contributed by atoms with Gasteiger partial charge < -0.3 is 4.98 Å². The second-order valence-electron chi connectivity index (χ2n) is 5.22. The highest BCUT2D eigenvalue weighted by atomic mass is 32.2. The standard InChI is InChI=1S/C15H13FN2O3S2/c1-23(20,21)7-6-13-17-11-8-12(22-14(11)15(19)18-13)9-2-4-10(16)5-3-9/h2-5,8H,6-7H2,1H3,(H,17,18,19). The Morgan fingerprint density at radius 1 is 1.26 bits per heavy atom. The van der Waals surface area contributed by atoms with Gasteiger partial charge in [0.05, 0.1) is 11.3 Å². The summed E-state index contributed by atoms with van der Waals surface area (Å²) in [5.41, 5.74) is 1.02. The Bertz CT molecular complexity index is 1020. The van der Waals surface area contributed by atoms with E-state index < -0.39 is 9.84 Å². The van der Waals surface area contributed by atoms with Crippen LogP contribution >= 0.6 is 11.3 Å². The van der Waals surface area contributed by atoms with Gasteiger partial charge in [-0.3, -0.25) is 4.79 Å². The Kier molecular flexibility index (Phi) is 4.03. The number of nitrogens with zero attached hydrogens (tertiary/aromatic N) is 1. The average molecular weight is 352 g/mol. The van der Waals surface area contributed by atoms with Gasteiger partial charge in [-0.05, 0) is 23.8 Å². The number of halogens is 1. The lowest BCUT2D eigenvalue weighted by Crippen LogP contribution is -2.14. The van der Waals surface area contributed by atoms with Gasteiger partial charge in [0.2, 0.25) is 0 Å². The van der Waals surface area contributed by atoms with Crippen LogP contribution in [-0.2, 0) is 16.3 Å². The summed E-state index contributed by atoms with van der Waals surface area (Å²) < 4.78 is 35.9. The van der Waals surface area contributed by atoms with Crippen LogP contribution in [0.25, 0.3) is 20.7 Å². The van der Waals surface area contributed by atoms with Crippen molar-refractivity contribution in [3.8, 4) is 10.4 Å². The maximum absolute atomic E-state index is 13.0. The fourth-order valence-corrected chi connectivity index (χ4v) is 3.71. The number of benzene rings is 1. The van der Waals surface area contributed by atoms with E-state index in [1.165, 1.54) is 23.5 Å². The van der Waals surface area contributed by atoms with E-state index in [1.807, 2.05) is 0 Å². The molecule has 0 fully saturated rings. The first kappa shape index (κ1) is 15.8. The van der Waals surface area contributed by atoms with E-state index in [1.54, 1.807) is 18.2 Å². The molecule has 0 aliphatic carbocycles. The highest BCUT2D eigenvalue weighted by molar-refractivity contribution is 7.90. The van der Waals surface area contributed by atoms with Crippen molar-refractivity contribution in [1.29, 1.82) is 0 Å². The van der Waals surface area contributed by atoms with E-state index in [2.05, 4.69) is 9.97 Å². The minimum atomic E-state index is -3.13. The van der Waals surface area contributed by atoms with Crippen molar-refractivity contribution >= 4 is 31.4 Å². The van der Waals surface area contributed by atoms with E-state index in [9.17, 15) is 17.6 Å². The van der Waals surface area contributed by atoms with Gasteiger partial charge in [-0.15, -0.1) is 11.3 Å². The lowest BCUT2D eigenvalue weighted by molar-refractivity contribution is 0.600. The SMILES string of the molecule is CS(=O)(=O)CCc1nc2cc(-c3ccc(F)cc3)sc2c(=O)[nH]1. The van der Waals surface area contributed by atoms with Crippen LogP contribution in [0.4, 0.5) is 4.39 Å². The Morgan fingerprint density at radius 3 is 2.61 bits per heavy atom. The van der Waals surface area contributed by atoms with Crippen molar-refractivity contribution in [2.24, 2.45) is 0 Å². The van der Waals surface area contributed by atoms with Gasteiger partial charge in [0.25, 0.3) is 5.56 Å². The van der Waals surface area contributed by atoms with Crippen molar-refractivity contribution in [2.75, 3.05) is 12.0 Å². The van der Waals surface area contributed by atoms with Crippen LogP contribution in [0.15, 0.2) is 35.1 Å². The molecule has 0 radical (unpaired) electrons. The summed E-state index contributed by atoms with van der Waals surface area (Å²) in [5.74, 6) is -0.0542. The molecule has 23 heavy (non-hydrogen) atoms. The number of aromatic amines is 1. The summed E-state index contributed by atoms with van der Waals surface area (Å²) in [6.45, 7) is 0. The van der Waals surface area contributed by atoms with E-state index >= 15 is 0 Å². The fourth-order valence-electron chi connectivity index (χ4n) is 2.15. The second-order valence-corrected chi connectivity index (χ2v) is 8.54. The molecule has 0 unspecified atom stereocenters. The third-order valence-corrected chi connectivity index (χ3v) is 5.39. The minimum absolute atomic E-state index is 0.0730. The van der Waals surface area contributed by atoms with Crippen LogP contribution in [0.1, 0.15) is 5.82 Å². The lowest BCUT2D eigenvalue weighted by atomic mass is 10.2. The number of H-pyrrole nitrogens is 1. The van der Waals surface area contributed by atoms with Crippen LogP contribution in [-0.4, -0.2) is 30.4 Å². The molecular formula is C15H13FN2O3S2. The first-order valence-corrected chi connectivity index (χ1v) is 9.66. The summed E-state index contributed by atoms with van der Waals surface area (Å²) >= 11 is 1.27. The number of hydrogen-bond donors (Lipinski definition) is 1. The summed E-state index contributed by atoms with van der Waals surface area (Å²) in [7, 11) is -3.13. The van der Waals surface area contributed by atoms with Crippen molar-refractivity contribution in [3.63, 3.8) is 0 Å². The number of thiophene rings is 1. The molecule has 0 saturated carbocycles. The Hall–Kier alpha value is -2.06. The first-order chi connectivity index (χ1) is 10.8. The van der Waals surface area contributed by atoms with Crippen LogP contribution in [0.2, 0.25) is 0 Å². The Balaban J connectivity index is 2.01. The third kappa shape index (κ3) is 3.65. The molecule has 0 amide bonds. The molecule has 3 rings (SSSR count). The smallest absolute Gasteiger partial charge is 0.268 e. The van der Waals surface area contributed by atoms with Crippen molar-refractivity contribution in [1.82, 2.24) is 9.97 Å². The molecule has 2 aromatic heterocycles. The molecule has 3 aromatic rings. The maximum Gasteiger partial charge on any atom is 0.268 e. The van der Waals surface area contributed by atoms with E-state index in [0.29, 0.717) is 16.0 Å². The van der Waals surface area contributed by atoms with Gasteiger partial charge in [0, 0.05) is 17.6 Å². The lowest BCUT2D eigenvalue weighted by Gasteiger charge is -1.99. The molecule has 0 atom stereocenters. The van der Waals surface area contributed by atoms with Crippen LogP contribution in [0.3, 0.4) is 0 Å². The predicted octanol–water partition coefficient (Wildman–Crippen LogP) is 2.38. The van der Waals surface area contributed by atoms with Crippen molar-refractivity contribution in [3.05, 3.63) is 52.3 Å². The first-order valence-electron chi connectivity index (χ1n) is 6.78. The number of hydrogen-bond acceptors (Lipinski definition) is 5. The van der Waals surface area contributed by atoms with Crippen LogP contribution in [0.5, 0.6) is 0 Å². The molecule has 2 heterocycles. The molecule has 8 heteroatoms. The van der Waals surface area contributed by atoms with Gasteiger partial charge in [0.15, 0.2) is 0 Å². The molecule has 5 nitrogen and oxygen atoms in total. The topological polar surface area (TPSA) is 79.9 Å². The summed E-state index contributed by atoms with van der Waals surface area (Å²) in [6.07, 6.45) is 1.30. The molecule has 1 aromatic carbocycles. The molecule has 1 N–H and O–H groups in total. The zero-order chi connectivity index (χ0) is 16.6. The highest BCUT2D eigenvalue weighted by Crippen LogP contribution is 2.30. The monoisotopic (exact) mass is 352 g/mol. The number of rotatable bonds is 4. The molecule has 0 saturated heterocycles. The van der Waals surface area contributed by atoms with E-state index in [4.69, 9.17) is 0 Å². The third-order valence-electron chi connectivity index (χ3n) is 3.27. The zero-order valence-corrected chi connectivity index (χ0v) is 13.8. The van der Waals surface area contributed by atoms with Crippen LogP contribution < -0.4 is 5.56 Å².